The summed E-state index contributed by atoms with van der Waals surface area (Å²) in [6, 6.07) is 15.3. The number of amides is 1. The standard InChI is InChI=1S/C23H25ClN4O/c1-2-28-13-5-6-17(15-28)26-23(29)19-7-3-4-8-20(19)27-21-11-12-25-22-14-16(24)9-10-18(21)22/h3-4,7-12,14,17H,2,5-6,13,15H2,1H3,(H,25,27)(H,26,29). The first kappa shape index (κ1) is 19.7. The number of anilines is 2. The second-order valence-electron chi connectivity index (χ2n) is 7.40. The Hall–Kier alpha value is -2.63. The zero-order valence-corrected chi connectivity index (χ0v) is 17.2. The Labute approximate surface area is 176 Å². The fourth-order valence-corrected chi connectivity index (χ4v) is 4.06. The maximum Gasteiger partial charge on any atom is 0.253 e. The van der Waals surface area contributed by atoms with E-state index in [1.807, 2.05) is 48.5 Å². The van der Waals surface area contributed by atoms with Crippen LogP contribution in [0, 0.1) is 0 Å². The van der Waals surface area contributed by atoms with E-state index in [0.29, 0.717) is 10.6 Å². The van der Waals surface area contributed by atoms with Crippen molar-refractivity contribution in [2.24, 2.45) is 0 Å². The molecule has 2 N–H and O–H groups in total. The predicted molar refractivity (Wildman–Crippen MR) is 119 cm³/mol. The SMILES string of the molecule is CCN1CCCC(NC(=O)c2ccccc2Nc2ccnc3cc(Cl)ccc23)C1. The van der Waals surface area contributed by atoms with E-state index in [4.69, 9.17) is 11.6 Å². The molecule has 4 rings (SSSR count). The van der Waals surface area contributed by atoms with Crippen molar-refractivity contribution in [3.05, 3.63) is 65.3 Å². The van der Waals surface area contributed by atoms with E-state index in [-0.39, 0.29) is 11.9 Å². The number of likely N-dealkylation sites (N-methyl/N-ethyl adjacent to an activating group) is 1. The highest BCUT2D eigenvalue weighted by Crippen LogP contribution is 2.28. The van der Waals surface area contributed by atoms with Crippen LogP contribution in [0.3, 0.4) is 0 Å². The minimum atomic E-state index is -0.0440. The van der Waals surface area contributed by atoms with Crippen LogP contribution in [-0.4, -0.2) is 41.5 Å². The molecule has 1 amide bonds. The van der Waals surface area contributed by atoms with Gasteiger partial charge < -0.3 is 15.5 Å². The number of carbonyl (C=O) groups is 1. The van der Waals surface area contributed by atoms with Crippen LogP contribution in [0.4, 0.5) is 11.4 Å². The molecule has 0 aliphatic carbocycles. The summed E-state index contributed by atoms with van der Waals surface area (Å²) in [5.41, 5.74) is 3.11. The molecule has 5 nitrogen and oxygen atoms in total. The van der Waals surface area contributed by atoms with E-state index >= 15 is 0 Å². The third-order valence-corrected chi connectivity index (χ3v) is 5.67. The highest BCUT2D eigenvalue weighted by molar-refractivity contribution is 6.31. The first-order valence-electron chi connectivity index (χ1n) is 10.1. The van der Waals surface area contributed by atoms with Gasteiger partial charge in [-0.25, -0.2) is 0 Å². The van der Waals surface area contributed by atoms with Gasteiger partial charge in [-0.1, -0.05) is 30.7 Å². The molecule has 2 heterocycles. The van der Waals surface area contributed by atoms with Gasteiger partial charge in [-0.05, 0) is 62.3 Å². The summed E-state index contributed by atoms with van der Waals surface area (Å²) in [5.74, 6) is -0.0440. The van der Waals surface area contributed by atoms with Gasteiger partial charge in [-0.3, -0.25) is 9.78 Å². The number of rotatable bonds is 5. The predicted octanol–water partition coefficient (Wildman–Crippen LogP) is 4.85. The summed E-state index contributed by atoms with van der Waals surface area (Å²) in [4.78, 5) is 19.8. The second-order valence-corrected chi connectivity index (χ2v) is 7.83. The van der Waals surface area contributed by atoms with Crippen molar-refractivity contribution in [1.82, 2.24) is 15.2 Å². The van der Waals surface area contributed by atoms with E-state index in [9.17, 15) is 4.79 Å². The summed E-state index contributed by atoms with van der Waals surface area (Å²) in [7, 11) is 0. The molecule has 0 saturated carbocycles. The Morgan fingerprint density at radius 1 is 1.21 bits per heavy atom. The first-order chi connectivity index (χ1) is 14.1. The molecule has 6 heteroatoms. The number of nitrogens with one attached hydrogen (secondary N) is 2. The lowest BCUT2D eigenvalue weighted by molar-refractivity contribution is 0.0906. The van der Waals surface area contributed by atoms with Crippen molar-refractivity contribution in [3.8, 4) is 0 Å². The van der Waals surface area contributed by atoms with Crippen molar-refractivity contribution in [2.75, 3.05) is 25.0 Å². The number of piperidine rings is 1. The number of fused-ring (bicyclic) bond motifs is 1. The van der Waals surface area contributed by atoms with Crippen molar-refractivity contribution in [2.45, 2.75) is 25.8 Å². The van der Waals surface area contributed by atoms with E-state index in [1.54, 1.807) is 6.20 Å². The van der Waals surface area contributed by atoms with Crippen molar-refractivity contribution in [1.29, 1.82) is 0 Å². The molecular weight excluding hydrogens is 384 g/mol. The molecule has 3 aromatic rings. The van der Waals surface area contributed by atoms with Gasteiger partial charge in [0.1, 0.15) is 0 Å². The van der Waals surface area contributed by atoms with E-state index in [1.165, 1.54) is 0 Å². The molecule has 0 bridgehead atoms. The third kappa shape index (κ3) is 4.52. The molecule has 1 aliphatic rings. The number of likely N-dealkylation sites (tertiary alicyclic amines) is 1. The van der Waals surface area contributed by atoms with Gasteiger partial charge in [0.2, 0.25) is 0 Å². The number of hydrogen-bond donors (Lipinski definition) is 2. The summed E-state index contributed by atoms with van der Waals surface area (Å²) >= 11 is 6.09. The molecule has 150 valence electrons. The second kappa shape index (κ2) is 8.80. The number of hydrogen-bond acceptors (Lipinski definition) is 4. The van der Waals surface area contributed by atoms with Crippen molar-refractivity contribution in [3.63, 3.8) is 0 Å². The number of halogens is 1. The average molecular weight is 409 g/mol. The number of para-hydroxylation sites is 1. The smallest absolute Gasteiger partial charge is 0.253 e. The number of nitrogens with zero attached hydrogens (tertiary/aromatic N) is 2. The van der Waals surface area contributed by atoms with E-state index in [0.717, 1.165) is 54.8 Å². The fraction of sp³-hybridized carbons (Fsp3) is 0.304. The molecular formula is C23H25ClN4O. The van der Waals surface area contributed by atoms with Gasteiger partial charge >= 0.3 is 0 Å². The van der Waals surface area contributed by atoms with Crippen LogP contribution in [0.2, 0.25) is 5.02 Å². The van der Waals surface area contributed by atoms with Gasteiger partial charge in [-0.2, -0.15) is 0 Å². The molecule has 0 radical (unpaired) electrons. The lowest BCUT2D eigenvalue weighted by Crippen LogP contribution is -2.47. The first-order valence-corrected chi connectivity index (χ1v) is 10.5. The van der Waals surface area contributed by atoms with Gasteiger partial charge in [0.05, 0.1) is 16.8 Å². The summed E-state index contributed by atoms with van der Waals surface area (Å²) in [5, 5.41) is 8.24. The molecule has 1 saturated heterocycles. The topological polar surface area (TPSA) is 57.3 Å². The maximum absolute atomic E-state index is 13.0. The summed E-state index contributed by atoms with van der Waals surface area (Å²) < 4.78 is 0. The molecule has 29 heavy (non-hydrogen) atoms. The van der Waals surface area contributed by atoms with Crippen LogP contribution in [0.25, 0.3) is 10.9 Å². The molecule has 0 spiro atoms. The van der Waals surface area contributed by atoms with Gasteiger partial charge in [0.15, 0.2) is 0 Å². The Bertz CT molecular complexity index is 1020. The number of aromatic nitrogens is 1. The minimum Gasteiger partial charge on any atom is -0.354 e. The Balaban J connectivity index is 1.57. The molecule has 1 unspecified atom stereocenters. The van der Waals surface area contributed by atoms with Crippen LogP contribution < -0.4 is 10.6 Å². The van der Waals surface area contributed by atoms with Gasteiger partial charge in [0.25, 0.3) is 5.91 Å². The van der Waals surface area contributed by atoms with E-state index < -0.39 is 0 Å². The fourth-order valence-electron chi connectivity index (χ4n) is 3.89. The van der Waals surface area contributed by atoms with Crippen LogP contribution in [0.15, 0.2) is 54.7 Å². The van der Waals surface area contributed by atoms with Crippen molar-refractivity contribution < 1.29 is 4.79 Å². The van der Waals surface area contributed by atoms with Crippen LogP contribution in [0.1, 0.15) is 30.1 Å². The molecule has 1 aromatic heterocycles. The third-order valence-electron chi connectivity index (χ3n) is 5.43. The lowest BCUT2D eigenvalue weighted by atomic mass is 10.0. The molecule has 1 atom stereocenters. The number of benzene rings is 2. The highest BCUT2D eigenvalue weighted by Gasteiger charge is 2.22. The quantitative estimate of drug-likeness (QED) is 0.633. The monoisotopic (exact) mass is 408 g/mol. The Morgan fingerprint density at radius 3 is 2.93 bits per heavy atom. The lowest BCUT2D eigenvalue weighted by Gasteiger charge is -2.32. The number of pyridine rings is 1. The van der Waals surface area contributed by atoms with Crippen LogP contribution >= 0.6 is 11.6 Å². The molecule has 2 aromatic carbocycles. The minimum absolute atomic E-state index is 0.0440. The number of carbonyl (C=O) groups excluding carboxylic acids is 1. The van der Waals surface area contributed by atoms with E-state index in [2.05, 4.69) is 27.4 Å². The zero-order valence-electron chi connectivity index (χ0n) is 16.5. The normalized spacial score (nSPS) is 17.2. The largest absolute Gasteiger partial charge is 0.354 e. The maximum atomic E-state index is 13.0. The van der Waals surface area contributed by atoms with Crippen molar-refractivity contribution >= 4 is 39.8 Å². The highest BCUT2D eigenvalue weighted by atomic mass is 35.5. The Morgan fingerprint density at radius 2 is 2.07 bits per heavy atom. The Kier molecular flexibility index (Phi) is 5.97. The molecule has 1 fully saturated rings. The molecule has 1 aliphatic heterocycles. The van der Waals surface area contributed by atoms with Gasteiger partial charge in [-0.15, -0.1) is 0 Å². The average Bonchev–Trinajstić information content (AvgIpc) is 2.74. The summed E-state index contributed by atoms with van der Waals surface area (Å²) in [6.07, 6.45) is 3.88. The van der Waals surface area contributed by atoms with Crippen LogP contribution in [-0.2, 0) is 0 Å². The summed E-state index contributed by atoms with van der Waals surface area (Å²) in [6.45, 7) is 5.20. The zero-order chi connectivity index (χ0) is 20.2. The van der Waals surface area contributed by atoms with Crippen LogP contribution in [0.5, 0.6) is 0 Å². The van der Waals surface area contributed by atoms with Gasteiger partial charge in [0, 0.05) is 34.9 Å².